The molecule has 1 aromatic carbocycles. The number of anilines is 1. The van der Waals surface area contributed by atoms with E-state index in [-0.39, 0.29) is 6.10 Å². The zero-order chi connectivity index (χ0) is 16.9. The molecule has 1 aromatic rings. The highest BCUT2D eigenvalue weighted by Crippen LogP contribution is 2.32. The van der Waals surface area contributed by atoms with Crippen LogP contribution in [0.2, 0.25) is 0 Å². The molecule has 0 spiro atoms. The van der Waals surface area contributed by atoms with Crippen LogP contribution in [0.4, 0.5) is 5.69 Å². The first-order valence-corrected chi connectivity index (χ1v) is 9.80. The highest BCUT2D eigenvalue weighted by molar-refractivity contribution is 5.49. The molecule has 25 heavy (non-hydrogen) atoms. The molecule has 2 aliphatic heterocycles. The van der Waals surface area contributed by atoms with E-state index in [0.717, 1.165) is 50.6 Å². The number of rotatable bonds is 6. The Morgan fingerprint density at radius 2 is 2.16 bits per heavy atom. The lowest BCUT2D eigenvalue weighted by atomic mass is 9.94. The molecule has 2 heterocycles. The Kier molecular flexibility index (Phi) is 5.75. The van der Waals surface area contributed by atoms with E-state index in [0.29, 0.717) is 24.6 Å². The number of morpholine rings is 1. The normalized spacial score (nSPS) is 32.6. The lowest BCUT2D eigenvalue weighted by Gasteiger charge is -2.33. The van der Waals surface area contributed by atoms with Crippen LogP contribution in [0.3, 0.4) is 0 Å². The highest BCUT2D eigenvalue weighted by Gasteiger charge is 2.34. The SMILES string of the molecule is c1cc(NC2CCCC2C2COCCN2)cc(OCC2CCCO2)c1. The fourth-order valence-electron chi connectivity index (χ4n) is 4.36. The summed E-state index contributed by atoms with van der Waals surface area (Å²) in [5, 5.41) is 7.39. The standard InChI is InChI=1S/C20H30N2O3/c1-4-15(12-16(5-1)25-13-17-6-3-10-24-17)22-19-8-2-7-18(19)20-14-23-11-9-21-20/h1,4-5,12,17-22H,2-3,6-11,13-14H2. The predicted molar refractivity (Wildman–Crippen MR) is 98.3 cm³/mol. The average Bonchev–Trinajstić information content (AvgIpc) is 3.33. The summed E-state index contributed by atoms with van der Waals surface area (Å²) in [6.45, 7) is 4.18. The van der Waals surface area contributed by atoms with Crippen LogP contribution in [0.25, 0.3) is 0 Å². The van der Waals surface area contributed by atoms with Gasteiger partial charge in [0.25, 0.3) is 0 Å². The number of ether oxygens (including phenoxy) is 3. The second kappa shape index (κ2) is 8.39. The largest absolute Gasteiger partial charge is 0.491 e. The predicted octanol–water partition coefficient (Wildman–Crippen LogP) is 2.81. The van der Waals surface area contributed by atoms with Crippen molar-refractivity contribution in [2.75, 3.05) is 38.3 Å². The minimum atomic E-state index is 0.258. The molecule has 1 aliphatic carbocycles. The molecule has 0 aromatic heterocycles. The summed E-state index contributed by atoms with van der Waals surface area (Å²) in [6, 6.07) is 9.34. The number of hydrogen-bond donors (Lipinski definition) is 2. The van der Waals surface area contributed by atoms with E-state index in [1.54, 1.807) is 0 Å². The third-order valence-corrected chi connectivity index (χ3v) is 5.68. The van der Waals surface area contributed by atoms with E-state index < -0.39 is 0 Å². The van der Waals surface area contributed by atoms with Crippen LogP contribution in [0.15, 0.2) is 24.3 Å². The Bertz CT molecular complexity index is 541. The van der Waals surface area contributed by atoms with Gasteiger partial charge in [0.15, 0.2) is 0 Å². The fourth-order valence-corrected chi connectivity index (χ4v) is 4.36. The van der Waals surface area contributed by atoms with Gasteiger partial charge in [-0.05, 0) is 43.7 Å². The van der Waals surface area contributed by atoms with Crippen LogP contribution >= 0.6 is 0 Å². The van der Waals surface area contributed by atoms with E-state index in [4.69, 9.17) is 14.2 Å². The molecule has 1 saturated carbocycles. The lowest BCUT2D eigenvalue weighted by molar-refractivity contribution is 0.0559. The molecule has 0 radical (unpaired) electrons. The van der Waals surface area contributed by atoms with Crippen LogP contribution in [0.1, 0.15) is 32.1 Å². The molecule has 0 bridgehead atoms. The molecule has 2 N–H and O–H groups in total. The summed E-state index contributed by atoms with van der Waals surface area (Å²) in [6.07, 6.45) is 6.30. The smallest absolute Gasteiger partial charge is 0.121 e. The van der Waals surface area contributed by atoms with Crippen molar-refractivity contribution in [3.8, 4) is 5.75 Å². The maximum Gasteiger partial charge on any atom is 0.121 e. The van der Waals surface area contributed by atoms with Crippen LogP contribution < -0.4 is 15.4 Å². The van der Waals surface area contributed by atoms with Crippen molar-refractivity contribution in [1.82, 2.24) is 5.32 Å². The van der Waals surface area contributed by atoms with Gasteiger partial charge in [0.05, 0.1) is 19.3 Å². The van der Waals surface area contributed by atoms with Gasteiger partial charge in [-0.3, -0.25) is 0 Å². The van der Waals surface area contributed by atoms with E-state index in [1.165, 1.54) is 19.3 Å². The van der Waals surface area contributed by atoms with Gasteiger partial charge >= 0.3 is 0 Å². The maximum atomic E-state index is 5.94. The topological polar surface area (TPSA) is 51.8 Å². The van der Waals surface area contributed by atoms with E-state index in [1.807, 2.05) is 6.07 Å². The second-order valence-electron chi connectivity index (χ2n) is 7.45. The first-order chi connectivity index (χ1) is 12.4. The molecule has 5 heteroatoms. The van der Waals surface area contributed by atoms with Gasteiger partial charge < -0.3 is 24.8 Å². The Balaban J connectivity index is 1.34. The molecule has 0 amide bonds. The maximum absolute atomic E-state index is 5.94. The number of benzene rings is 1. The fraction of sp³-hybridized carbons (Fsp3) is 0.700. The molecule has 5 nitrogen and oxygen atoms in total. The molecular formula is C20H30N2O3. The third-order valence-electron chi connectivity index (χ3n) is 5.68. The number of nitrogens with one attached hydrogen (secondary N) is 2. The summed E-state index contributed by atoms with van der Waals surface area (Å²) < 4.78 is 17.2. The first-order valence-electron chi connectivity index (χ1n) is 9.80. The molecule has 4 rings (SSSR count). The monoisotopic (exact) mass is 346 g/mol. The Labute approximate surface area is 150 Å². The van der Waals surface area contributed by atoms with Crippen LogP contribution in [-0.4, -0.2) is 51.2 Å². The molecule has 3 aliphatic rings. The number of hydrogen-bond acceptors (Lipinski definition) is 5. The molecule has 3 fully saturated rings. The summed E-state index contributed by atoms with van der Waals surface area (Å²) in [5.41, 5.74) is 1.15. The van der Waals surface area contributed by atoms with Gasteiger partial charge in [-0.15, -0.1) is 0 Å². The summed E-state index contributed by atoms with van der Waals surface area (Å²) in [4.78, 5) is 0. The minimum Gasteiger partial charge on any atom is -0.491 e. The van der Waals surface area contributed by atoms with Crippen molar-refractivity contribution >= 4 is 5.69 Å². The zero-order valence-electron chi connectivity index (χ0n) is 14.9. The summed E-state index contributed by atoms with van der Waals surface area (Å²) in [5.74, 6) is 1.56. The minimum absolute atomic E-state index is 0.258. The summed E-state index contributed by atoms with van der Waals surface area (Å²) in [7, 11) is 0. The van der Waals surface area contributed by atoms with Crippen molar-refractivity contribution < 1.29 is 14.2 Å². The summed E-state index contributed by atoms with van der Waals surface area (Å²) >= 11 is 0. The third kappa shape index (κ3) is 4.46. The van der Waals surface area contributed by atoms with Crippen molar-refractivity contribution in [2.24, 2.45) is 5.92 Å². The molecular weight excluding hydrogens is 316 g/mol. The van der Waals surface area contributed by atoms with Crippen LogP contribution in [0.5, 0.6) is 5.75 Å². The lowest BCUT2D eigenvalue weighted by Crippen LogP contribution is -2.49. The van der Waals surface area contributed by atoms with Gasteiger partial charge in [0.2, 0.25) is 0 Å². The molecule has 4 atom stereocenters. The van der Waals surface area contributed by atoms with Gasteiger partial charge in [-0.25, -0.2) is 0 Å². The molecule has 138 valence electrons. The molecule has 2 saturated heterocycles. The highest BCUT2D eigenvalue weighted by atomic mass is 16.5. The Morgan fingerprint density at radius 1 is 1.16 bits per heavy atom. The van der Waals surface area contributed by atoms with E-state index in [2.05, 4.69) is 28.8 Å². The van der Waals surface area contributed by atoms with Crippen LogP contribution in [-0.2, 0) is 9.47 Å². The van der Waals surface area contributed by atoms with Crippen molar-refractivity contribution in [2.45, 2.75) is 50.3 Å². The Hall–Kier alpha value is -1.30. The van der Waals surface area contributed by atoms with E-state index in [9.17, 15) is 0 Å². The average molecular weight is 346 g/mol. The first kappa shape index (κ1) is 17.1. The van der Waals surface area contributed by atoms with Crippen molar-refractivity contribution in [3.63, 3.8) is 0 Å². The second-order valence-corrected chi connectivity index (χ2v) is 7.45. The quantitative estimate of drug-likeness (QED) is 0.830. The van der Waals surface area contributed by atoms with Gasteiger partial charge in [0, 0.05) is 37.0 Å². The van der Waals surface area contributed by atoms with Gasteiger partial charge in [0.1, 0.15) is 12.4 Å². The Morgan fingerprint density at radius 3 is 3.00 bits per heavy atom. The van der Waals surface area contributed by atoms with E-state index >= 15 is 0 Å². The molecule has 4 unspecified atom stereocenters. The zero-order valence-corrected chi connectivity index (χ0v) is 14.9. The van der Waals surface area contributed by atoms with Gasteiger partial charge in [-0.2, -0.15) is 0 Å². The van der Waals surface area contributed by atoms with Crippen molar-refractivity contribution in [3.05, 3.63) is 24.3 Å². The van der Waals surface area contributed by atoms with Crippen LogP contribution in [0, 0.1) is 5.92 Å². The van der Waals surface area contributed by atoms with Gasteiger partial charge in [-0.1, -0.05) is 12.5 Å². The van der Waals surface area contributed by atoms with Crippen molar-refractivity contribution in [1.29, 1.82) is 0 Å².